The van der Waals surface area contributed by atoms with Crippen LogP contribution in [-0.4, -0.2) is 58.8 Å². The van der Waals surface area contributed by atoms with Gasteiger partial charge in [-0.15, -0.1) is 11.3 Å². The molecule has 1 aromatic heterocycles. The first-order chi connectivity index (χ1) is 9.69. The quantitative estimate of drug-likeness (QED) is 0.723. The highest BCUT2D eigenvalue weighted by Gasteiger charge is 2.35. The molecule has 0 bridgehead atoms. The molecule has 1 saturated heterocycles. The Kier molecular flexibility index (Phi) is 4.43. The predicted octanol–water partition coefficient (Wildman–Crippen LogP) is 0.262. The number of aryl methyl sites for hydroxylation is 1. The average molecular weight is 353 g/mol. The topological polar surface area (TPSA) is 97.8 Å². The molecule has 1 aliphatic heterocycles. The van der Waals surface area contributed by atoms with Crippen molar-refractivity contribution in [2.75, 3.05) is 31.7 Å². The summed E-state index contributed by atoms with van der Waals surface area (Å²) in [5, 5.41) is 1.57. The summed E-state index contributed by atoms with van der Waals surface area (Å²) in [4.78, 5) is 11.6. The van der Waals surface area contributed by atoms with Gasteiger partial charge in [0.2, 0.25) is 10.0 Å². The fourth-order valence-electron chi connectivity index (χ4n) is 2.05. The molecule has 0 atom stereocenters. The first-order valence-corrected chi connectivity index (χ1v) is 10.2. The van der Waals surface area contributed by atoms with Gasteiger partial charge in [0.05, 0.1) is 18.6 Å². The molecule has 0 radical (unpaired) electrons. The van der Waals surface area contributed by atoms with Crippen LogP contribution in [0.2, 0.25) is 0 Å². The minimum absolute atomic E-state index is 0.0171. The zero-order valence-electron chi connectivity index (χ0n) is 11.5. The Morgan fingerprint density at radius 1 is 1.33 bits per heavy atom. The standard InChI is InChI=1S/C11H15NO6S3/c1-8-7-19-9(11(13)18-2)10(8)21(16,17)12-3-5-20(14,15)6-4-12/h7H,3-6H2,1-2H3. The van der Waals surface area contributed by atoms with Crippen molar-refractivity contribution in [3.05, 3.63) is 15.8 Å². The molecule has 1 fully saturated rings. The van der Waals surface area contributed by atoms with Crippen LogP contribution >= 0.6 is 11.3 Å². The van der Waals surface area contributed by atoms with Gasteiger partial charge in [0.15, 0.2) is 9.84 Å². The van der Waals surface area contributed by atoms with Crippen LogP contribution in [0.3, 0.4) is 0 Å². The summed E-state index contributed by atoms with van der Waals surface area (Å²) in [5.74, 6) is -1.12. The second kappa shape index (κ2) is 5.67. The van der Waals surface area contributed by atoms with Crippen molar-refractivity contribution in [3.63, 3.8) is 0 Å². The molecular formula is C11H15NO6S3. The summed E-state index contributed by atoms with van der Waals surface area (Å²) in [6, 6.07) is 0. The van der Waals surface area contributed by atoms with Gasteiger partial charge in [-0.25, -0.2) is 21.6 Å². The molecule has 0 saturated carbocycles. The number of sulfone groups is 1. The largest absolute Gasteiger partial charge is 0.465 e. The lowest BCUT2D eigenvalue weighted by Gasteiger charge is -2.26. The first-order valence-electron chi connectivity index (χ1n) is 6.06. The van der Waals surface area contributed by atoms with Crippen LogP contribution < -0.4 is 0 Å². The molecule has 10 heteroatoms. The SMILES string of the molecule is COC(=O)c1scc(C)c1S(=O)(=O)N1CCS(=O)(=O)CC1. The number of sulfonamides is 1. The maximum Gasteiger partial charge on any atom is 0.349 e. The average Bonchev–Trinajstić information content (AvgIpc) is 2.80. The summed E-state index contributed by atoms with van der Waals surface area (Å²) in [6.45, 7) is 1.40. The van der Waals surface area contributed by atoms with Crippen molar-refractivity contribution < 1.29 is 26.4 Å². The van der Waals surface area contributed by atoms with Crippen molar-refractivity contribution in [2.24, 2.45) is 0 Å². The van der Waals surface area contributed by atoms with Gasteiger partial charge in [-0.3, -0.25) is 0 Å². The van der Waals surface area contributed by atoms with Crippen LogP contribution in [-0.2, 0) is 24.6 Å². The van der Waals surface area contributed by atoms with Crippen molar-refractivity contribution in [1.82, 2.24) is 4.31 Å². The molecule has 2 rings (SSSR count). The van der Waals surface area contributed by atoms with Crippen molar-refractivity contribution >= 4 is 37.2 Å². The molecule has 0 unspecified atom stereocenters. The number of esters is 1. The van der Waals surface area contributed by atoms with E-state index in [1.807, 2.05) is 0 Å². The van der Waals surface area contributed by atoms with Crippen LogP contribution in [0.5, 0.6) is 0 Å². The highest BCUT2D eigenvalue weighted by atomic mass is 32.2. The maximum atomic E-state index is 12.7. The Morgan fingerprint density at radius 3 is 2.43 bits per heavy atom. The number of carbonyl (C=O) groups excluding carboxylic acids is 1. The van der Waals surface area contributed by atoms with E-state index in [-0.39, 0.29) is 34.4 Å². The van der Waals surface area contributed by atoms with Crippen LogP contribution in [0.25, 0.3) is 0 Å². The number of nitrogens with zero attached hydrogens (tertiary/aromatic N) is 1. The van der Waals surface area contributed by atoms with E-state index in [4.69, 9.17) is 0 Å². The highest BCUT2D eigenvalue weighted by Crippen LogP contribution is 2.30. The van der Waals surface area contributed by atoms with E-state index in [9.17, 15) is 21.6 Å². The molecular weight excluding hydrogens is 338 g/mol. The minimum Gasteiger partial charge on any atom is -0.465 e. The van der Waals surface area contributed by atoms with Gasteiger partial charge in [0, 0.05) is 13.1 Å². The van der Waals surface area contributed by atoms with E-state index < -0.39 is 25.8 Å². The second-order valence-corrected chi connectivity index (χ2v) is 9.68. The highest BCUT2D eigenvalue weighted by molar-refractivity contribution is 7.92. The number of hydrogen-bond donors (Lipinski definition) is 0. The second-order valence-electron chi connectivity index (χ2n) is 4.62. The molecule has 0 aromatic carbocycles. The van der Waals surface area contributed by atoms with E-state index >= 15 is 0 Å². The van der Waals surface area contributed by atoms with Crippen LogP contribution in [0.1, 0.15) is 15.2 Å². The van der Waals surface area contributed by atoms with Gasteiger partial charge in [0.25, 0.3) is 0 Å². The van der Waals surface area contributed by atoms with Crippen LogP contribution in [0.4, 0.5) is 0 Å². The van der Waals surface area contributed by atoms with E-state index in [2.05, 4.69) is 4.74 Å². The van der Waals surface area contributed by atoms with Crippen LogP contribution in [0, 0.1) is 6.92 Å². The fraction of sp³-hybridized carbons (Fsp3) is 0.545. The van der Waals surface area contributed by atoms with E-state index in [0.717, 1.165) is 15.6 Å². The molecule has 21 heavy (non-hydrogen) atoms. The number of methoxy groups -OCH3 is 1. The van der Waals surface area contributed by atoms with E-state index in [1.54, 1.807) is 12.3 Å². The zero-order valence-corrected chi connectivity index (χ0v) is 14.0. The van der Waals surface area contributed by atoms with Crippen LogP contribution in [0.15, 0.2) is 10.3 Å². The Balaban J connectivity index is 2.41. The summed E-state index contributed by atoms with van der Waals surface area (Å²) in [6.07, 6.45) is 0. The van der Waals surface area contributed by atoms with E-state index in [0.29, 0.717) is 5.56 Å². The summed E-state index contributed by atoms with van der Waals surface area (Å²) >= 11 is 1.00. The predicted molar refractivity (Wildman–Crippen MR) is 77.8 cm³/mol. The lowest BCUT2D eigenvalue weighted by molar-refractivity contribution is 0.0602. The van der Waals surface area contributed by atoms with Crippen molar-refractivity contribution in [1.29, 1.82) is 0 Å². The van der Waals surface area contributed by atoms with Gasteiger partial charge in [-0.05, 0) is 17.9 Å². The normalized spacial score (nSPS) is 19.3. The Labute approximate surface area is 127 Å². The van der Waals surface area contributed by atoms with Gasteiger partial charge >= 0.3 is 5.97 Å². The molecule has 2 heterocycles. The van der Waals surface area contributed by atoms with Gasteiger partial charge in [-0.1, -0.05) is 0 Å². The third kappa shape index (κ3) is 3.12. The summed E-state index contributed by atoms with van der Waals surface area (Å²) in [5.41, 5.74) is 0.453. The molecule has 0 spiro atoms. The molecule has 118 valence electrons. The first kappa shape index (κ1) is 16.4. The maximum absolute atomic E-state index is 12.7. The third-order valence-corrected chi connectivity index (χ3v) is 8.09. The molecule has 1 aromatic rings. The number of hydrogen-bond acceptors (Lipinski definition) is 7. The third-order valence-electron chi connectivity index (χ3n) is 3.19. The minimum atomic E-state index is -3.91. The fourth-order valence-corrected chi connectivity index (χ4v) is 6.58. The molecule has 0 N–H and O–H groups in total. The number of carbonyl (C=O) groups is 1. The van der Waals surface area contributed by atoms with Crippen molar-refractivity contribution in [2.45, 2.75) is 11.8 Å². The Morgan fingerprint density at radius 2 is 1.90 bits per heavy atom. The van der Waals surface area contributed by atoms with Gasteiger partial charge in [0.1, 0.15) is 9.77 Å². The summed E-state index contributed by atoms with van der Waals surface area (Å²) < 4.78 is 53.8. The number of thiophene rings is 1. The number of ether oxygens (including phenoxy) is 1. The smallest absolute Gasteiger partial charge is 0.349 e. The van der Waals surface area contributed by atoms with Crippen molar-refractivity contribution in [3.8, 4) is 0 Å². The number of rotatable bonds is 3. The molecule has 0 aliphatic carbocycles. The lowest BCUT2D eigenvalue weighted by Crippen LogP contribution is -2.44. The monoisotopic (exact) mass is 353 g/mol. The van der Waals surface area contributed by atoms with Gasteiger partial charge in [-0.2, -0.15) is 4.31 Å². The van der Waals surface area contributed by atoms with E-state index in [1.165, 1.54) is 7.11 Å². The van der Waals surface area contributed by atoms with Gasteiger partial charge < -0.3 is 4.74 Å². The Bertz CT molecular complexity index is 748. The molecule has 0 amide bonds. The Hall–Kier alpha value is -0.970. The molecule has 7 nitrogen and oxygen atoms in total. The molecule has 1 aliphatic rings. The lowest BCUT2D eigenvalue weighted by atomic mass is 10.3. The zero-order chi connectivity index (χ0) is 15.8. The summed E-state index contributed by atoms with van der Waals surface area (Å²) in [7, 11) is -5.91.